The lowest BCUT2D eigenvalue weighted by atomic mass is 10.2. The lowest BCUT2D eigenvalue weighted by molar-refractivity contribution is -0.118. The van der Waals surface area contributed by atoms with Crippen LogP contribution in [-0.4, -0.2) is 37.7 Å². The Hall–Kier alpha value is -2.13. The Morgan fingerprint density at radius 2 is 2.33 bits per heavy atom. The van der Waals surface area contributed by atoms with E-state index in [9.17, 15) is 9.59 Å². The van der Waals surface area contributed by atoms with E-state index in [-0.39, 0.29) is 11.5 Å². The molecule has 0 saturated carbocycles. The minimum Gasteiger partial charge on any atom is -0.355 e. The summed E-state index contributed by atoms with van der Waals surface area (Å²) in [5, 5.41) is 3.67. The van der Waals surface area contributed by atoms with Gasteiger partial charge in [-0.1, -0.05) is 0 Å². The molecular formula is C18H21N5O2S2. The van der Waals surface area contributed by atoms with Crippen LogP contribution in [0.2, 0.25) is 0 Å². The van der Waals surface area contributed by atoms with Crippen LogP contribution >= 0.6 is 23.1 Å². The van der Waals surface area contributed by atoms with Gasteiger partial charge in [-0.15, -0.1) is 23.1 Å². The van der Waals surface area contributed by atoms with Gasteiger partial charge in [0.15, 0.2) is 0 Å². The van der Waals surface area contributed by atoms with Crippen molar-refractivity contribution in [1.82, 2.24) is 24.8 Å². The highest BCUT2D eigenvalue weighted by molar-refractivity contribution is 7.99. The van der Waals surface area contributed by atoms with E-state index in [1.165, 1.54) is 22.2 Å². The fourth-order valence-corrected chi connectivity index (χ4v) is 5.36. The predicted molar refractivity (Wildman–Crippen MR) is 108 cm³/mol. The normalized spacial score (nSPS) is 13.2. The number of imidazole rings is 1. The number of thiophene rings is 1. The molecule has 3 heterocycles. The van der Waals surface area contributed by atoms with E-state index < -0.39 is 0 Å². The SMILES string of the molecule is Cn1ccnc1CCNC(=O)CSCc1nc2sc3c(c2c(=O)[nH]1)CCC3. The maximum Gasteiger partial charge on any atom is 0.259 e. The highest BCUT2D eigenvalue weighted by Crippen LogP contribution is 2.34. The van der Waals surface area contributed by atoms with Crippen LogP contribution in [0.1, 0.15) is 28.5 Å². The molecular weight excluding hydrogens is 382 g/mol. The molecule has 4 rings (SSSR count). The van der Waals surface area contributed by atoms with Crippen molar-refractivity contribution in [2.45, 2.75) is 31.4 Å². The number of amides is 1. The van der Waals surface area contributed by atoms with E-state index in [1.807, 2.05) is 17.8 Å². The molecule has 0 bridgehead atoms. The summed E-state index contributed by atoms with van der Waals surface area (Å²) < 4.78 is 1.94. The van der Waals surface area contributed by atoms with Gasteiger partial charge in [0.2, 0.25) is 5.91 Å². The number of hydrogen-bond acceptors (Lipinski definition) is 6. The Labute approximate surface area is 164 Å². The number of nitrogens with zero attached hydrogens (tertiary/aromatic N) is 3. The summed E-state index contributed by atoms with van der Waals surface area (Å²) in [5.41, 5.74) is 1.14. The highest BCUT2D eigenvalue weighted by atomic mass is 32.2. The lowest BCUT2D eigenvalue weighted by Gasteiger charge is -2.05. The number of H-pyrrole nitrogens is 1. The lowest BCUT2D eigenvalue weighted by Crippen LogP contribution is -2.28. The zero-order chi connectivity index (χ0) is 18.8. The number of aromatic nitrogens is 4. The number of rotatable bonds is 7. The van der Waals surface area contributed by atoms with Crippen LogP contribution in [0.4, 0.5) is 0 Å². The zero-order valence-electron chi connectivity index (χ0n) is 15.1. The van der Waals surface area contributed by atoms with Gasteiger partial charge in [0.05, 0.1) is 16.9 Å². The fraction of sp³-hybridized carbons (Fsp3) is 0.444. The summed E-state index contributed by atoms with van der Waals surface area (Å²) in [6, 6.07) is 0. The maximum absolute atomic E-state index is 12.4. The second-order valence-corrected chi connectivity index (χ2v) is 8.67. The third kappa shape index (κ3) is 3.93. The molecule has 0 unspecified atom stereocenters. The van der Waals surface area contributed by atoms with Crippen LogP contribution in [0.5, 0.6) is 0 Å². The Morgan fingerprint density at radius 3 is 3.15 bits per heavy atom. The summed E-state index contributed by atoms with van der Waals surface area (Å²) in [7, 11) is 1.94. The van der Waals surface area contributed by atoms with Crippen molar-refractivity contribution in [3.8, 4) is 0 Å². The van der Waals surface area contributed by atoms with Crippen LogP contribution < -0.4 is 10.9 Å². The van der Waals surface area contributed by atoms with Crippen LogP contribution in [0.3, 0.4) is 0 Å². The molecule has 3 aromatic rings. The monoisotopic (exact) mass is 403 g/mol. The molecule has 142 valence electrons. The van der Waals surface area contributed by atoms with Gasteiger partial charge in [0.25, 0.3) is 5.56 Å². The molecule has 1 amide bonds. The maximum atomic E-state index is 12.4. The molecule has 0 spiro atoms. The average molecular weight is 404 g/mol. The van der Waals surface area contributed by atoms with E-state index in [4.69, 9.17) is 0 Å². The van der Waals surface area contributed by atoms with Crippen molar-refractivity contribution >= 4 is 39.2 Å². The van der Waals surface area contributed by atoms with E-state index in [1.54, 1.807) is 17.5 Å². The van der Waals surface area contributed by atoms with Gasteiger partial charge in [-0.25, -0.2) is 9.97 Å². The predicted octanol–water partition coefficient (Wildman–Crippen LogP) is 1.80. The van der Waals surface area contributed by atoms with Crippen molar-refractivity contribution in [3.05, 3.63) is 44.8 Å². The summed E-state index contributed by atoms with van der Waals surface area (Å²) in [5.74, 6) is 2.41. The van der Waals surface area contributed by atoms with Gasteiger partial charge >= 0.3 is 0 Å². The van der Waals surface area contributed by atoms with Gasteiger partial charge in [0, 0.05) is 37.3 Å². The second-order valence-electron chi connectivity index (χ2n) is 6.60. The molecule has 2 N–H and O–H groups in total. The van der Waals surface area contributed by atoms with Crippen LogP contribution in [0, 0.1) is 0 Å². The van der Waals surface area contributed by atoms with Crippen LogP contribution in [0.15, 0.2) is 17.2 Å². The number of thioether (sulfide) groups is 1. The summed E-state index contributed by atoms with van der Waals surface area (Å²) in [4.78, 5) is 38.2. The van der Waals surface area contributed by atoms with Gasteiger partial charge in [-0.05, 0) is 24.8 Å². The molecule has 0 radical (unpaired) electrons. The van der Waals surface area contributed by atoms with Crippen LogP contribution in [-0.2, 0) is 36.9 Å². The van der Waals surface area contributed by atoms with E-state index in [0.717, 1.165) is 35.3 Å². The molecule has 27 heavy (non-hydrogen) atoms. The van der Waals surface area contributed by atoms with Gasteiger partial charge in [-0.2, -0.15) is 0 Å². The number of nitrogens with one attached hydrogen (secondary N) is 2. The van der Waals surface area contributed by atoms with Crippen molar-refractivity contribution in [1.29, 1.82) is 0 Å². The largest absolute Gasteiger partial charge is 0.355 e. The number of aromatic amines is 1. The summed E-state index contributed by atoms with van der Waals surface area (Å²) >= 11 is 3.09. The number of carbonyl (C=O) groups is 1. The van der Waals surface area contributed by atoms with Gasteiger partial charge in [-0.3, -0.25) is 9.59 Å². The first kappa shape index (κ1) is 18.2. The van der Waals surface area contributed by atoms with Crippen molar-refractivity contribution in [3.63, 3.8) is 0 Å². The smallest absolute Gasteiger partial charge is 0.259 e. The van der Waals surface area contributed by atoms with E-state index >= 15 is 0 Å². The number of fused-ring (bicyclic) bond motifs is 3. The minimum atomic E-state index is -0.0467. The number of aryl methyl sites for hydroxylation is 3. The fourth-order valence-electron chi connectivity index (χ4n) is 3.36. The van der Waals surface area contributed by atoms with Crippen molar-refractivity contribution < 1.29 is 4.79 Å². The van der Waals surface area contributed by atoms with Crippen molar-refractivity contribution in [2.24, 2.45) is 7.05 Å². The number of hydrogen-bond donors (Lipinski definition) is 2. The van der Waals surface area contributed by atoms with Crippen LogP contribution in [0.25, 0.3) is 10.2 Å². The minimum absolute atomic E-state index is 0.0206. The molecule has 1 aliphatic carbocycles. The standard InChI is InChI=1S/C18H21N5O2S2/c1-23-8-7-19-14(23)5-6-20-15(24)10-26-9-13-21-17(25)16-11-3-2-4-12(11)27-18(16)22-13/h7-8H,2-6,9-10H2,1H3,(H,20,24)(H,21,22,25). The Balaban J connectivity index is 1.28. The summed E-state index contributed by atoms with van der Waals surface area (Å²) in [6.07, 6.45) is 7.50. The second kappa shape index (κ2) is 7.85. The first-order valence-corrected chi connectivity index (χ1v) is 10.9. The third-order valence-corrected chi connectivity index (χ3v) is 6.82. The Bertz CT molecular complexity index is 1040. The molecule has 1 aliphatic rings. The molecule has 0 aliphatic heterocycles. The molecule has 0 atom stereocenters. The highest BCUT2D eigenvalue weighted by Gasteiger charge is 2.21. The topological polar surface area (TPSA) is 92.7 Å². The van der Waals surface area contributed by atoms with Gasteiger partial charge in [0.1, 0.15) is 16.5 Å². The Kier molecular flexibility index (Phi) is 5.31. The third-order valence-electron chi connectivity index (χ3n) is 4.69. The number of carbonyl (C=O) groups excluding carboxylic acids is 1. The van der Waals surface area contributed by atoms with E-state index in [0.29, 0.717) is 30.3 Å². The average Bonchev–Trinajstić information content (AvgIpc) is 3.31. The molecule has 7 nitrogen and oxygen atoms in total. The van der Waals surface area contributed by atoms with Crippen molar-refractivity contribution in [2.75, 3.05) is 12.3 Å². The first-order valence-electron chi connectivity index (χ1n) is 8.96. The molecule has 3 aromatic heterocycles. The quantitative estimate of drug-likeness (QED) is 0.628. The summed E-state index contributed by atoms with van der Waals surface area (Å²) in [6.45, 7) is 0.562. The first-order chi connectivity index (χ1) is 13.1. The Morgan fingerprint density at radius 1 is 1.44 bits per heavy atom. The molecule has 0 saturated heterocycles. The molecule has 0 aromatic carbocycles. The zero-order valence-corrected chi connectivity index (χ0v) is 16.7. The van der Waals surface area contributed by atoms with E-state index in [2.05, 4.69) is 20.3 Å². The molecule has 0 fully saturated rings. The van der Waals surface area contributed by atoms with Gasteiger partial charge < -0.3 is 14.9 Å². The molecule has 9 heteroatoms.